The van der Waals surface area contributed by atoms with Gasteiger partial charge < -0.3 is 14.4 Å². The van der Waals surface area contributed by atoms with Crippen molar-refractivity contribution in [3.8, 4) is 28.8 Å². The van der Waals surface area contributed by atoms with E-state index in [0.717, 1.165) is 43.0 Å². The van der Waals surface area contributed by atoms with Gasteiger partial charge in [-0.1, -0.05) is 6.07 Å². The molecule has 13 heteroatoms. The topological polar surface area (TPSA) is 129 Å². The molecule has 4 unspecified atom stereocenters. The Morgan fingerprint density at radius 2 is 1.78 bits per heavy atom. The van der Waals surface area contributed by atoms with Gasteiger partial charge in [-0.25, -0.2) is 22.9 Å². The van der Waals surface area contributed by atoms with Gasteiger partial charge in [-0.2, -0.15) is 10.4 Å². The van der Waals surface area contributed by atoms with Crippen molar-refractivity contribution in [3.05, 3.63) is 66.2 Å². The zero-order valence-electron chi connectivity index (χ0n) is 25.0. The summed E-state index contributed by atoms with van der Waals surface area (Å²) < 4.78 is 37.0. The number of ether oxygens (including phenoxy) is 2. The summed E-state index contributed by atoms with van der Waals surface area (Å²) in [5.41, 5.74) is 4.09. The van der Waals surface area contributed by atoms with Crippen molar-refractivity contribution in [1.29, 1.82) is 5.26 Å². The maximum Gasteiger partial charge on any atom is 0.212 e. The van der Waals surface area contributed by atoms with E-state index in [1.165, 1.54) is 12.0 Å². The lowest BCUT2D eigenvalue weighted by atomic mass is 9.87. The van der Waals surface area contributed by atoms with E-state index in [1.807, 2.05) is 24.5 Å². The smallest absolute Gasteiger partial charge is 0.212 e. The molecule has 5 saturated heterocycles. The number of piperazine rings is 1. The Balaban J connectivity index is 0.954. The van der Waals surface area contributed by atoms with Gasteiger partial charge in [0.25, 0.3) is 0 Å². The van der Waals surface area contributed by atoms with Gasteiger partial charge in [-0.3, -0.25) is 9.80 Å². The second-order valence-corrected chi connectivity index (χ2v) is 14.6. The van der Waals surface area contributed by atoms with Crippen LogP contribution in [-0.2, 0) is 16.4 Å². The number of hydrogen-bond acceptors (Lipinski definition) is 11. The van der Waals surface area contributed by atoms with Gasteiger partial charge in [-0.15, -0.1) is 0 Å². The van der Waals surface area contributed by atoms with Crippen molar-refractivity contribution < 1.29 is 17.9 Å². The lowest BCUT2D eigenvalue weighted by molar-refractivity contribution is -0.00876. The number of sulfone groups is 1. The molecule has 232 valence electrons. The Labute approximate surface area is 261 Å². The summed E-state index contributed by atoms with van der Waals surface area (Å²) in [5, 5.41) is 14.2. The molecule has 4 aromatic rings. The third-order valence-corrected chi connectivity index (χ3v) is 11.6. The molecule has 0 aromatic carbocycles. The predicted octanol–water partition coefficient (Wildman–Crippen LogP) is 2.38. The minimum atomic E-state index is -2.92. The van der Waals surface area contributed by atoms with E-state index in [-0.39, 0.29) is 23.6 Å². The van der Waals surface area contributed by atoms with Gasteiger partial charge in [0, 0.05) is 79.9 Å². The monoisotopic (exact) mass is 626 g/mol. The van der Waals surface area contributed by atoms with E-state index in [4.69, 9.17) is 14.5 Å². The summed E-state index contributed by atoms with van der Waals surface area (Å²) in [6.07, 6.45) is 9.26. The number of hydrogen-bond donors (Lipinski definition) is 0. The van der Waals surface area contributed by atoms with Crippen LogP contribution in [0.15, 0.2) is 55.1 Å². The highest BCUT2D eigenvalue weighted by molar-refractivity contribution is 7.91. The van der Waals surface area contributed by atoms with Crippen LogP contribution < -0.4 is 14.4 Å². The Bertz CT molecular complexity index is 1860. The summed E-state index contributed by atoms with van der Waals surface area (Å²) >= 11 is 0. The van der Waals surface area contributed by atoms with Gasteiger partial charge in [0.05, 0.1) is 42.1 Å². The first-order valence-corrected chi connectivity index (χ1v) is 17.2. The van der Waals surface area contributed by atoms with Gasteiger partial charge in [0.15, 0.2) is 9.84 Å². The Morgan fingerprint density at radius 3 is 2.47 bits per heavy atom. The molecule has 0 radical (unpaired) electrons. The molecule has 9 heterocycles. The molecule has 4 bridgehead atoms. The first-order valence-electron chi connectivity index (χ1n) is 15.3. The van der Waals surface area contributed by atoms with E-state index in [9.17, 15) is 13.7 Å². The van der Waals surface area contributed by atoms with Crippen LogP contribution in [-0.4, -0.2) is 107 Å². The maximum atomic E-state index is 12.0. The van der Waals surface area contributed by atoms with Crippen molar-refractivity contribution in [2.45, 2.75) is 43.6 Å². The number of nitriles is 1. The van der Waals surface area contributed by atoms with Gasteiger partial charge in [-0.05, 0) is 36.6 Å². The van der Waals surface area contributed by atoms with Crippen LogP contribution in [0.5, 0.6) is 11.6 Å². The molecule has 9 rings (SSSR count). The van der Waals surface area contributed by atoms with Crippen LogP contribution in [0.4, 0.5) is 5.82 Å². The number of likely N-dealkylation sites (tertiary alicyclic amines) is 1. The standard InChI is InChI=1S/C32H34N8O4S/c1-43-31-5-2-21(12-35-31)15-39-24-8-25(39)17-37(16-24)30-4-3-22(13-34-30)29-10-28(18-40-32(29)23(11-33)14-36-40)44-7-6-38-26-9-27(38)20-45(41,42)19-26/h2-5,10,12-14,18,24-27H,6-9,15-17,19-20H2,1H3. The SMILES string of the molecule is COc1ccc(CN2C3CC2CN(c2ccc(-c4cc(OCCN5C6CC5CS(=O)(=O)C6)cn5ncc(C#N)c45)cn2)C3)cn1. The molecule has 0 aliphatic carbocycles. The summed E-state index contributed by atoms with van der Waals surface area (Å²) in [4.78, 5) is 16.4. The Morgan fingerprint density at radius 1 is 0.978 bits per heavy atom. The highest BCUT2D eigenvalue weighted by Crippen LogP contribution is 2.37. The number of aromatic nitrogens is 4. The normalized spacial score (nSPS) is 25.3. The quantitative estimate of drug-likeness (QED) is 0.272. The summed E-state index contributed by atoms with van der Waals surface area (Å²) in [5.74, 6) is 2.69. The van der Waals surface area contributed by atoms with Crippen LogP contribution in [0.25, 0.3) is 16.6 Å². The molecule has 5 aliphatic rings. The molecule has 4 aromatic heterocycles. The molecule has 4 atom stereocenters. The largest absolute Gasteiger partial charge is 0.491 e. The molecular weight excluding hydrogens is 592 g/mol. The lowest BCUT2D eigenvalue weighted by Crippen LogP contribution is -2.68. The molecule has 0 spiro atoms. The third kappa shape index (κ3) is 5.16. The van der Waals surface area contributed by atoms with Crippen LogP contribution in [0.2, 0.25) is 0 Å². The molecular formula is C32H34N8O4S. The molecule has 0 N–H and O–H groups in total. The minimum Gasteiger partial charge on any atom is -0.491 e. The number of fused-ring (bicyclic) bond motifs is 5. The summed E-state index contributed by atoms with van der Waals surface area (Å²) in [6.45, 7) is 3.83. The molecule has 5 fully saturated rings. The van der Waals surface area contributed by atoms with Crippen LogP contribution >= 0.6 is 0 Å². The van der Waals surface area contributed by atoms with Crippen molar-refractivity contribution in [1.82, 2.24) is 29.4 Å². The number of rotatable bonds is 9. The molecule has 5 aliphatic heterocycles. The fourth-order valence-electron chi connectivity index (χ4n) is 7.54. The third-order valence-electron chi connectivity index (χ3n) is 9.80. The number of nitrogens with zero attached hydrogens (tertiary/aromatic N) is 8. The van der Waals surface area contributed by atoms with E-state index in [0.29, 0.717) is 47.9 Å². The molecule has 45 heavy (non-hydrogen) atoms. The molecule has 0 amide bonds. The molecule has 0 saturated carbocycles. The number of methoxy groups -OCH3 is 1. The predicted molar refractivity (Wildman–Crippen MR) is 167 cm³/mol. The number of anilines is 1. The van der Waals surface area contributed by atoms with Crippen LogP contribution in [0.3, 0.4) is 0 Å². The van der Waals surface area contributed by atoms with E-state index >= 15 is 0 Å². The number of pyridine rings is 3. The van der Waals surface area contributed by atoms with Crippen molar-refractivity contribution in [3.63, 3.8) is 0 Å². The van der Waals surface area contributed by atoms with Gasteiger partial charge >= 0.3 is 0 Å². The van der Waals surface area contributed by atoms with Crippen molar-refractivity contribution in [2.75, 3.05) is 49.8 Å². The zero-order valence-corrected chi connectivity index (χ0v) is 25.8. The highest BCUT2D eigenvalue weighted by Gasteiger charge is 2.47. The van der Waals surface area contributed by atoms with E-state index < -0.39 is 9.84 Å². The first kappa shape index (κ1) is 28.2. The fraction of sp³-hybridized carbons (Fsp3) is 0.438. The fourth-order valence-corrected chi connectivity index (χ4v) is 9.50. The average molecular weight is 627 g/mol. The van der Waals surface area contributed by atoms with Crippen LogP contribution in [0.1, 0.15) is 24.0 Å². The Hall–Kier alpha value is -4.25. The maximum absolute atomic E-state index is 12.0. The number of piperidine rings is 1. The Kier molecular flexibility index (Phi) is 6.89. The van der Waals surface area contributed by atoms with Gasteiger partial charge in [0.2, 0.25) is 5.88 Å². The minimum absolute atomic E-state index is 0.101. The lowest BCUT2D eigenvalue weighted by Gasteiger charge is -2.56. The second-order valence-electron chi connectivity index (χ2n) is 12.5. The highest BCUT2D eigenvalue weighted by atomic mass is 32.2. The van der Waals surface area contributed by atoms with Crippen molar-refractivity contribution in [2.24, 2.45) is 0 Å². The second kappa shape index (κ2) is 11.0. The van der Waals surface area contributed by atoms with E-state index in [1.54, 1.807) is 24.0 Å². The molecule has 12 nitrogen and oxygen atoms in total. The summed E-state index contributed by atoms with van der Waals surface area (Å²) in [7, 11) is -1.29. The average Bonchev–Trinajstić information content (AvgIpc) is 3.48. The van der Waals surface area contributed by atoms with Gasteiger partial charge in [0.1, 0.15) is 24.2 Å². The van der Waals surface area contributed by atoms with Crippen molar-refractivity contribution >= 4 is 21.2 Å². The summed E-state index contributed by atoms with van der Waals surface area (Å²) in [6, 6.07) is 13.5. The van der Waals surface area contributed by atoms with Crippen LogP contribution in [0, 0.1) is 11.3 Å². The zero-order chi connectivity index (χ0) is 30.7. The van der Waals surface area contributed by atoms with E-state index in [2.05, 4.69) is 49.1 Å². The first-order chi connectivity index (χ1) is 21.9.